The summed E-state index contributed by atoms with van der Waals surface area (Å²) in [5.74, 6) is 0.00267. The molecule has 2 aromatic rings. The van der Waals surface area contributed by atoms with Crippen LogP contribution in [0.15, 0.2) is 84.2 Å². The molecule has 0 aromatic heterocycles. The first kappa shape index (κ1) is 23.3. The average molecular weight is 446 g/mol. The molecule has 1 heterocycles. The lowest BCUT2D eigenvalue weighted by Gasteiger charge is -2.54. The Balaban J connectivity index is 1.58. The third-order valence-electron chi connectivity index (χ3n) is 7.81. The summed E-state index contributed by atoms with van der Waals surface area (Å²) in [5, 5.41) is 3.01. The van der Waals surface area contributed by atoms with E-state index in [2.05, 4.69) is 90.9 Å². The number of nitrogens with two attached hydrogens (primary N) is 1. The highest BCUT2D eigenvalue weighted by molar-refractivity contribution is 5.78. The number of allylic oxidation sites excluding steroid dienone is 1. The first-order valence-corrected chi connectivity index (χ1v) is 12.0. The number of nitrogens with zero attached hydrogens (tertiary/aromatic N) is 2. The molecule has 4 rings (SSSR count). The zero-order valence-electron chi connectivity index (χ0n) is 20.1. The van der Waals surface area contributed by atoms with E-state index in [9.17, 15) is 4.79 Å². The first-order chi connectivity index (χ1) is 15.9. The standard InChI is InChI=1S/C28H36N4O/c1-4-25(33)30-24-16-11-17-28(2,27(24)29)32(3)20-18-31(19-21-32)26(22-12-7-5-8-13-22)23-14-9-6-10-15-23/h5-16,26H,4,17-21,29H2,1-3H3/p+1. The molecule has 1 saturated heterocycles. The van der Waals surface area contributed by atoms with E-state index in [1.54, 1.807) is 0 Å². The van der Waals surface area contributed by atoms with Crippen LogP contribution >= 0.6 is 0 Å². The van der Waals surface area contributed by atoms with Crippen LogP contribution in [-0.4, -0.2) is 54.1 Å². The van der Waals surface area contributed by atoms with Gasteiger partial charge in [-0.3, -0.25) is 9.69 Å². The van der Waals surface area contributed by atoms with Crippen LogP contribution in [0, 0.1) is 0 Å². The summed E-state index contributed by atoms with van der Waals surface area (Å²) in [5.41, 5.74) is 10.7. The van der Waals surface area contributed by atoms with E-state index in [4.69, 9.17) is 5.73 Å². The second-order valence-electron chi connectivity index (χ2n) is 9.71. The van der Waals surface area contributed by atoms with Crippen LogP contribution < -0.4 is 11.1 Å². The maximum atomic E-state index is 12.0. The highest BCUT2D eigenvalue weighted by Crippen LogP contribution is 2.39. The number of hydrogen-bond donors (Lipinski definition) is 2. The normalized spacial score (nSPS) is 23.0. The number of likely N-dealkylation sites (N-methyl/N-ethyl adjacent to an activating group) is 1. The van der Waals surface area contributed by atoms with E-state index in [0.717, 1.165) is 48.5 Å². The predicted molar refractivity (Wildman–Crippen MR) is 134 cm³/mol. The van der Waals surface area contributed by atoms with Crippen molar-refractivity contribution in [3.63, 3.8) is 0 Å². The lowest BCUT2D eigenvalue weighted by molar-refractivity contribution is -0.955. The van der Waals surface area contributed by atoms with Crippen molar-refractivity contribution in [2.75, 3.05) is 33.2 Å². The summed E-state index contributed by atoms with van der Waals surface area (Å²) in [4.78, 5) is 14.6. The van der Waals surface area contributed by atoms with Gasteiger partial charge in [-0.1, -0.05) is 73.7 Å². The van der Waals surface area contributed by atoms with Crippen molar-refractivity contribution in [1.29, 1.82) is 0 Å². The number of carbonyl (C=O) groups excluding carboxylic acids is 1. The fraction of sp³-hybridized carbons (Fsp3) is 0.393. The molecule has 1 aliphatic carbocycles. The van der Waals surface area contributed by atoms with Gasteiger partial charge in [0, 0.05) is 25.9 Å². The molecule has 0 spiro atoms. The molecule has 0 radical (unpaired) electrons. The van der Waals surface area contributed by atoms with Gasteiger partial charge in [0.25, 0.3) is 0 Å². The molecule has 33 heavy (non-hydrogen) atoms. The highest BCUT2D eigenvalue weighted by Gasteiger charge is 2.50. The molecule has 5 nitrogen and oxygen atoms in total. The molecule has 2 aliphatic rings. The van der Waals surface area contributed by atoms with Crippen LogP contribution in [0.4, 0.5) is 0 Å². The van der Waals surface area contributed by atoms with Crippen LogP contribution in [0.1, 0.15) is 43.9 Å². The fourth-order valence-electron chi connectivity index (χ4n) is 5.31. The Morgan fingerprint density at radius 1 is 1.06 bits per heavy atom. The van der Waals surface area contributed by atoms with Gasteiger partial charge in [0.1, 0.15) is 5.54 Å². The third-order valence-corrected chi connectivity index (χ3v) is 7.81. The molecule has 174 valence electrons. The zero-order valence-corrected chi connectivity index (χ0v) is 20.1. The van der Waals surface area contributed by atoms with E-state index in [-0.39, 0.29) is 17.5 Å². The molecule has 0 bridgehead atoms. The number of rotatable bonds is 6. The Morgan fingerprint density at radius 3 is 2.12 bits per heavy atom. The third kappa shape index (κ3) is 4.48. The fourth-order valence-corrected chi connectivity index (χ4v) is 5.31. The quantitative estimate of drug-likeness (QED) is 0.662. The zero-order chi connectivity index (χ0) is 23.5. The molecule has 0 saturated carbocycles. The van der Waals surface area contributed by atoms with E-state index in [1.165, 1.54) is 11.1 Å². The number of carbonyl (C=O) groups is 1. The van der Waals surface area contributed by atoms with E-state index in [0.29, 0.717) is 6.42 Å². The molecule has 1 atom stereocenters. The minimum atomic E-state index is -0.244. The molecule has 1 aliphatic heterocycles. The van der Waals surface area contributed by atoms with Crippen molar-refractivity contribution in [2.24, 2.45) is 5.73 Å². The minimum absolute atomic E-state index is 0.00267. The second kappa shape index (κ2) is 9.54. The summed E-state index contributed by atoms with van der Waals surface area (Å²) in [6.07, 6.45) is 5.45. The molecule has 1 fully saturated rings. The highest BCUT2D eigenvalue weighted by atomic mass is 16.1. The molecule has 5 heteroatoms. The van der Waals surface area contributed by atoms with Gasteiger partial charge in [-0.15, -0.1) is 0 Å². The maximum absolute atomic E-state index is 12.0. The Hall–Kier alpha value is -2.89. The van der Waals surface area contributed by atoms with Crippen molar-refractivity contribution in [3.8, 4) is 0 Å². The Morgan fingerprint density at radius 2 is 1.61 bits per heavy atom. The van der Waals surface area contributed by atoms with Gasteiger partial charge in [-0.05, 0) is 24.1 Å². The largest absolute Gasteiger partial charge is 0.395 e. The van der Waals surface area contributed by atoms with E-state index >= 15 is 0 Å². The number of amides is 1. The van der Waals surface area contributed by atoms with Crippen molar-refractivity contribution >= 4 is 5.91 Å². The summed E-state index contributed by atoms with van der Waals surface area (Å²) in [7, 11) is 2.32. The van der Waals surface area contributed by atoms with Gasteiger partial charge in [0.05, 0.1) is 37.6 Å². The van der Waals surface area contributed by atoms with Gasteiger partial charge < -0.3 is 15.5 Å². The number of benzene rings is 2. The molecule has 1 amide bonds. The van der Waals surface area contributed by atoms with Gasteiger partial charge in [-0.2, -0.15) is 0 Å². The SMILES string of the molecule is CCC(=O)NC1=C(N)C(C)([N+]2(C)CCN(C(c3ccccc3)c3ccccc3)CC2)CC=C1. The molecular weight excluding hydrogens is 408 g/mol. The summed E-state index contributed by atoms with van der Waals surface area (Å²) < 4.78 is 0.863. The topological polar surface area (TPSA) is 58.4 Å². The van der Waals surface area contributed by atoms with Crippen molar-refractivity contribution in [3.05, 3.63) is 95.3 Å². The van der Waals surface area contributed by atoms with Crippen molar-refractivity contribution in [1.82, 2.24) is 10.2 Å². The van der Waals surface area contributed by atoms with E-state index in [1.807, 2.05) is 13.0 Å². The Bertz CT molecular complexity index is 983. The van der Waals surface area contributed by atoms with Crippen LogP contribution in [-0.2, 0) is 4.79 Å². The van der Waals surface area contributed by atoms with Crippen molar-refractivity contribution < 1.29 is 9.28 Å². The summed E-state index contributed by atoms with van der Waals surface area (Å²) in [6.45, 7) is 8.07. The van der Waals surface area contributed by atoms with Crippen molar-refractivity contribution in [2.45, 2.75) is 38.3 Å². The van der Waals surface area contributed by atoms with E-state index < -0.39 is 0 Å². The van der Waals surface area contributed by atoms with Crippen LogP contribution in [0.5, 0.6) is 0 Å². The number of nitrogens with one attached hydrogen (secondary N) is 1. The number of piperazine rings is 1. The van der Waals surface area contributed by atoms with Gasteiger partial charge in [0.15, 0.2) is 0 Å². The van der Waals surface area contributed by atoms with Gasteiger partial charge in [-0.25, -0.2) is 0 Å². The minimum Gasteiger partial charge on any atom is -0.395 e. The molecular formula is C28H37N4O+. The number of hydrogen-bond acceptors (Lipinski definition) is 3. The average Bonchev–Trinajstić information content (AvgIpc) is 2.85. The monoisotopic (exact) mass is 445 g/mol. The number of quaternary nitrogens is 1. The van der Waals surface area contributed by atoms with Gasteiger partial charge in [0.2, 0.25) is 5.91 Å². The maximum Gasteiger partial charge on any atom is 0.224 e. The van der Waals surface area contributed by atoms with Crippen LogP contribution in [0.3, 0.4) is 0 Å². The van der Waals surface area contributed by atoms with Crippen LogP contribution in [0.2, 0.25) is 0 Å². The summed E-state index contributed by atoms with van der Waals surface area (Å²) in [6, 6.07) is 21.8. The van der Waals surface area contributed by atoms with Crippen LogP contribution in [0.25, 0.3) is 0 Å². The lowest BCUT2D eigenvalue weighted by Crippen LogP contribution is -2.69. The first-order valence-electron chi connectivity index (χ1n) is 12.0. The second-order valence-corrected chi connectivity index (χ2v) is 9.71. The molecule has 1 unspecified atom stereocenters. The molecule has 3 N–H and O–H groups in total. The Labute approximate surface area is 198 Å². The van der Waals surface area contributed by atoms with Gasteiger partial charge >= 0.3 is 0 Å². The Kier molecular flexibility index (Phi) is 6.73. The predicted octanol–water partition coefficient (Wildman–Crippen LogP) is 3.95. The lowest BCUT2D eigenvalue weighted by atomic mass is 9.83. The summed E-state index contributed by atoms with van der Waals surface area (Å²) >= 11 is 0. The smallest absolute Gasteiger partial charge is 0.224 e. The molecule has 2 aromatic carbocycles.